The summed E-state index contributed by atoms with van der Waals surface area (Å²) in [7, 11) is 0. The predicted molar refractivity (Wildman–Crippen MR) is 71.5 cm³/mol. The lowest BCUT2D eigenvalue weighted by Crippen LogP contribution is -2.62. The molecule has 0 radical (unpaired) electrons. The van der Waals surface area contributed by atoms with E-state index in [0.29, 0.717) is 17.9 Å². The topological polar surface area (TPSA) is 67.9 Å². The maximum Gasteiger partial charge on any atom is 0.416 e. The predicted octanol–water partition coefficient (Wildman–Crippen LogP) is 1.85. The summed E-state index contributed by atoms with van der Waals surface area (Å²) in [6.45, 7) is 2.21. The largest absolute Gasteiger partial charge is 0.416 e. The first-order chi connectivity index (χ1) is 9.76. The molecule has 0 aliphatic carbocycles. The molecule has 2 aromatic rings. The average Bonchev–Trinajstić information content (AvgIpc) is 2.79. The maximum atomic E-state index is 12.8. The Kier molecular flexibility index (Phi) is 2.96. The van der Waals surface area contributed by atoms with E-state index in [1.54, 1.807) is 23.9 Å². The van der Waals surface area contributed by atoms with Gasteiger partial charge in [-0.1, -0.05) is 12.1 Å². The third kappa shape index (κ3) is 2.59. The number of rotatable bonds is 1. The van der Waals surface area contributed by atoms with Crippen LogP contribution in [0.25, 0.3) is 11.4 Å². The van der Waals surface area contributed by atoms with Gasteiger partial charge in [-0.25, -0.2) is 9.66 Å². The lowest BCUT2D eigenvalue weighted by molar-refractivity contribution is -0.137. The summed E-state index contributed by atoms with van der Waals surface area (Å²) in [5.41, 5.74) is 9.39. The van der Waals surface area contributed by atoms with Crippen molar-refractivity contribution < 1.29 is 13.2 Å². The van der Waals surface area contributed by atoms with Crippen LogP contribution in [0.2, 0.25) is 0 Å². The Labute approximate surface area is 118 Å². The van der Waals surface area contributed by atoms with E-state index in [9.17, 15) is 13.2 Å². The van der Waals surface area contributed by atoms with E-state index in [4.69, 9.17) is 5.73 Å². The fourth-order valence-electron chi connectivity index (χ4n) is 2.22. The molecule has 0 amide bonds. The van der Waals surface area contributed by atoms with Crippen molar-refractivity contribution in [1.29, 1.82) is 0 Å². The molecule has 8 heteroatoms. The van der Waals surface area contributed by atoms with Crippen LogP contribution in [0.5, 0.6) is 0 Å². The van der Waals surface area contributed by atoms with E-state index >= 15 is 0 Å². The minimum Gasteiger partial charge on any atom is -0.295 e. The van der Waals surface area contributed by atoms with Crippen molar-refractivity contribution in [3.63, 3.8) is 0 Å². The highest BCUT2D eigenvalue weighted by Crippen LogP contribution is 2.32. The van der Waals surface area contributed by atoms with Crippen molar-refractivity contribution in [3.05, 3.63) is 41.7 Å². The Morgan fingerprint density at radius 1 is 1.38 bits per heavy atom. The van der Waals surface area contributed by atoms with Crippen LogP contribution < -0.4 is 16.5 Å². The lowest BCUT2D eigenvalue weighted by Gasteiger charge is -2.34. The van der Waals surface area contributed by atoms with Crippen LogP contribution in [-0.2, 0) is 12.7 Å². The number of aromatic nitrogens is 2. The highest BCUT2D eigenvalue weighted by atomic mass is 19.4. The third-order valence-corrected chi connectivity index (χ3v) is 3.26. The number of nitrogens with zero attached hydrogens (tertiary/aromatic N) is 2. The molecule has 1 aromatic carbocycles. The fourth-order valence-corrected chi connectivity index (χ4v) is 2.22. The maximum absolute atomic E-state index is 12.8. The monoisotopic (exact) mass is 297 g/mol. The molecule has 0 spiro atoms. The van der Waals surface area contributed by atoms with E-state index in [1.807, 2.05) is 0 Å². The molecular formula is C13H14F3N5. The third-order valence-electron chi connectivity index (χ3n) is 3.26. The Hall–Kier alpha value is -2.06. The SMILES string of the molecule is CC1(N)NCc2cnc(-c3cccc(C(F)(F)F)c3)n2N1. The zero-order valence-electron chi connectivity index (χ0n) is 11.2. The molecule has 0 saturated heterocycles. The van der Waals surface area contributed by atoms with Crippen LogP contribution in [0, 0.1) is 0 Å². The summed E-state index contributed by atoms with van der Waals surface area (Å²) in [6.07, 6.45) is -2.78. The van der Waals surface area contributed by atoms with Gasteiger partial charge >= 0.3 is 6.18 Å². The summed E-state index contributed by atoms with van der Waals surface area (Å²) >= 11 is 0. The van der Waals surface area contributed by atoms with Gasteiger partial charge in [0.05, 0.1) is 17.5 Å². The zero-order chi connectivity index (χ0) is 15.3. The summed E-state index contributed by atoms with van der Waals surface area (Å²) in [5, 5.41) is 3.04. The number of imidazole rings is 1. The molecule has 1 aromatic heterocycles. The first-order valence-corrected chi connectivity index (χ1v) is 6.33. The van der Waals surface area contributed by atoms with Gasteiger partial charge in [-0.3, -0.25) is 16.5 Å². The highest BCUT2D eigenvalue weighted by Gasteiger charge is 2.31. The van der Waals surface area contributed by atoms with Crippen molar-refractivity contribution in [2.45, 2.75) is 25.4 Å². The Balaban J connectivity index is 2.05. The van der Waals surface area contributed by atoms with E-state index in [-0.39, 0.29) is 0 Å². The van der Waals surface area contributed by atoms with Crippen molar-refractivity contribution in [3.8, 4) is 11.4 Å². The molecule has 1 atom stereocenters. The summed E-state index contributed by atoms with van der Waals surface area (Å²) in [4.78, 5) is 4.19. The molecular weight excluding hydrogens is 283 g/mol. The van der Waals surface area contributed by atoms with Gasteiger partial charge in [0.15, 0.2) is 11.6 Å². The number of hydrogen-bond donors (Lipinski definition) is 3. The molecule has 0 saturated carbocycles. The standard InChI is InChI=1S/C13H14F3N5/c1-12(17)19-7-10-6-18-11(21(10)20-12)8-3-2-4-9(5-8)13(14,15)16/h2-6,19-20H,7,17H2,1H3. The summed E-state index contributed by atoms with van der Waals surface area (Å²) < 4.78 is 40.0. The van der Waals surface area contributed by atoms with E-state index in [2.05, 4.69) is 15.7 Å². The summed E-state index contributed by atoms with van der Waals surface area (Å²) in [6, 6.07) is 5.06. The molecule has 1 aliphatic heterocycles. The second-order valence-corrected chi connectivity index (χ2v) is 5.15. The van der Waals surface area contributed by atoms with Gasteiger partial charge in [-0.15, -0.1) is 0 Å². The Morgan fingerprint density at radius 3 is 2.86 bits per heavy atom. The van der Waals surface area contributed by atoms with E-state index < -0.39 is 17.5 Å². The quantitative estimate of drug-likeness (QED) is 0.751. The molecule has 3 rings (SSSR count). The molecule has 112 valence electrons. The second-order valence-electron chi connectivity index (χ2n) is 5.15. The minimum absolute atomic E-state index is 0.376. The van der Waals surface area contributed by atoms with Gasteiger partial charge in [0.25, 0.3) is 0 Å². The normalized spacial score (nSPS) is 21.8. The molecule has 0 bridgehead atoms. The highest BCUT2D eigenvalue weighted by molar-refractivity contribution is 5.58. The summed E-state index contributed by atoms with van der Waals surface area (Å²) in [5.74, 6) is -0.460. The van der Waals surface area contributed by atoms with Gasteiger partial charge in [0, 0.05) is 12.1 Å². The van der Waals surface area contributed by atoms with Crippen molar-refractivity contribution >= 4 is 0 Å². The first kappa shape index (κ1) is 13.9. The minimum atomic E-state index is -4.38. The first-order valence-electron chi connectivity index (χ1n) is 6.33. The van der Waals surface area contributed by atoms with Gasteiger partial charge in [0.1, 0.15) is 0 Å². The number of fused-ring (bicyclic) bond motifs is 1. The number of alkyl halides is 3. The Morgan fingerprint density at radius 2 is 2.14 bits per heavy atom. The molecule has 0 fully saturated rings. The van der Waals surface area contributed by atoms with Crippen molar-refractivity contribution in [2.24, 2.45) is 5.73 Å². The lowest BCUT2D eigenvalue weighted by atomic mass is 10.1. The van der Waals surface area contributed by atoms with Crippen LogP contribution in [0.4, 0.5) is 13.2 Å². The van der Waals surface area contributed by atoms with Crippen LogP contribution in [0.3, 0.4) is 0 Å². The van der Waals surface area contributed by atoms with Crippen LogP contribution >= 0.6 is 0 Å². The molecule has 2 heterocycles. The zero-order valence-corrected chi connectivity index (χ0v) is 11.2. The molecule has 1 unspecified atom stereocenters. The Bertz CT molecular complexity index is 675. The van der Waals surface area contributed by atoms with Crippen molar-refractivity contribution in [2.75, 3.05) is 5.43 Å². The number of nitrogens with one attached hydrogen (secondary N) is 2. The van der Waals surface area contributed by atoms with Crippen LogP contribution in [0.1, 0.15) is 18.2 Å². The van der Waals surface area contributed by atoms with Gasteiger partial charge in [0.2, 0.25) is 0 Å². The molecule has 21 heavy (non-hydrogen) atoms. The van der Waals surface area contributed by atoms with Crippen LogP contribution in [0.15, 0.2) is 30.5 Å². The van der Waals surface area contributed by atoms with E-state index in [0.717, 1.165) is 17.8 Å². The fraction of sp³-hybridized carbons (Fsp3) is 0.308. The van der Waals surface area contributed by atoms with Crippen LogP contribution in [-0.4, -0.2) is 15.4 Å². The number of nitrogens with two attached hydrogens (primary N) is 1. The number of halogens is 3. The number of benzene rings is 1. The average molecular weight is 297 g/mol. The second kappa shape index (κ2) is 4.47. The van der Waals surface area contributed by atoms with Crippen molar-refractivity contribution in [1.82, 2.24) is 15.0 Å². The van der Waals surface area contributed by atoms with Gasteiger partial charge in [-0.05, 0) is 19.1 Å². The van der Waals surface area contributed by atoms with Gasteiger partial charge < -0.3 is 0 Å². The molecule has 1 aliphatic rings. The van der Waals surface area contributed by atoms with E-state index in [1.165, 1.54) is 6.07 Å². The molecule has 4 N–H and O–H groups in total. The van der Waals surface area contributed by atoms with Gasteiger partial charge in [-0.2, -0.15) is 13.2 Å². The molecule has 5 nitrogen and oxygen atoms in total. The smallest absolute Gasteiger partial charge is 0.295 e. The number of hydrogen-bond acceptors (Lipinski definition) is 4.